The molecule has 0 bridgehead atoms. The van der Waals surface area contributed by atoms with Crippen LogP contribution in [0.3, 0.4) is 0 Å². The molecule has 1 N–H and O–H groups in total. The molecule has 1 unspecified atom stereocenters. The van der Waals surface area contributed by atoms with Gasteiger partial charge in [-0.05, 0) is 24.2 Å². The molecule has 31 heavy (non-hydrogen) atoms. The first-order chi connectivity index (χ1) is 15.1. The SMILES string of the molecule is CCN(CC)C(C(=O)N1CCN(CC(=O)NCc2ccccc2)CC1)c1ccccc1. The van der Waals surface area contributed by atoms with E-state index in [1.807, 2.05) is 65.6 Å². The van der Waals surface area contributed by atoms with E-state index in [-0.39, 0.29) is 17.9 Å². The number of nitrogens with zero attached hydrogens (tertiary/aromatic N) is 3. The highest BCUT2D eigenvalue weighted by molar-refractivity contribution is 5.83. The second kappa shape index (κ2) is 11.6. The summed E-state index contributed by atoms with van der Waals surface area (Å²) in [7, 11) is 0. The van der Waals surface area contributed by atoms with E-state index in [1.165, 1.54) is 0 Å². The van der Waals surface area contributed by atoms with Gasteiger partial charge in [-0.3, -0.25) is 19.4 Å². The van der Waals surface area contributed by atoms with Crippen molar-refractivity contribution in [2.45, 2.75) is 26.4 Å². The van der Waals surface area contributed by atoms with E-state index in [9.17, 15) is 9.59 Å². The number of rotatable bonds is 9. The van der Waals surface area contributed by atoms with E-state index in [2.05, 4.69) is 29.0 Å². The molecule has 1 fully saturated rings. The summed E-state index contributed by atoms with van der Waals surface area (Å²) < 4.78 is 0. The second-order valence-electron chi connectivity index (χ2n) is 7.90. The maximum atomic E-state index is 13.4. The van der Waals surface area contributed by atoms with Gasteiger partial charge in [0.1, 0.15) is 6.04 Å². The molecule has 1 aliphatic rings. The zero-order chi connectivity index (χ0) is 22.1. The van der Waals surface area contributed by atoms with E-state index >= 15 is 0 Å². The number of hydrogen-bond acceptors (Lipinski definition) is 4. The van der Waals surface area contributed by atoms with Crippen molar-refractivity contribution in [3.8, 4) is 0 Å². The Kier molecular flexibility index (Phi) is 8.62. The fourth-order valence-corrected chi connectivity index (χ4v) is 4.09. The van der Waals surface area contributed by atoms with Crippen molar-refractivity contribution in [3.05, 3.63) is 71.8 Å². The van der Waals surface area contributed by atoms with Crippen molar-refractivity contribution in [1.29, 1.82) is 0 Å². The molecule has 1 saturated heterocycles. The highest BCUT2D eigenvalue weighted by Gasteiger charge is 2.32. The number of piperazine rings is 1. The van der Waals surface area contributed by atoms with Gasteiger partial charge in [0, 0.05) is 32.7 Å². The zero-order valence-corrected chi connectivity index (χ0v) is 18.7. The quantitative estimate of drug-likeness (QED) is 0.675. The summed E-state index contributed by atoms with van der Waals surface area (Å²) in [5.41, 5.74) is 2.13. The fourth-order valence-electron chi connectivity index (χ4n) is 4.09. The molecule has 0 spiro atoms. The maximum absolute atomic E-state index is 13.4. The Morgan fingerprint density at radius 3 is 2.06 bits per heavy atom. The summed E-state index contributed by atoms with van der Waals surface area (Å²) >= 11 is 0. The number of hydrogen-bond donors (Lipinski definition) is 1. The van der Waals surface area contributed by atoms with Gasteiger partial charge in [0.15, 0.2) is 0 Å². The largest absolute Gasteiger partial charge is 0.351 e. The Bertz CT molecular complexity index is 816. The van der Waals surface area contributed by atoms with Crippen molar-refractivity contribution >= 4 is 11.8 Å². The lowest BCUT2D eigenvalue weighted by molar-refractivity contribution is -0.139. The summed E-state index contributed by atoms with van der Waals surface area (Å²) in [5, 5.41) is 2.98. The number of amides is 2. The van der Waals surface area contributed by atoms with Gasteiger partial charge in [-0.2, -0.15) is 0 Å². The number of nitrogens with one attached hydrogen (secondary N) is 1. The molecular formula is C25H34N4O2. The third-order valence-electron chi connectivity index (χ3n) is 5.91. The van der Waals surface area contributed by atoms with E-state index in [0.717, 1.165) is 24.2 Å². The van der Waals surface area contributed by atoms with Gasteiger partial charge >= 0.3 is 0 Å². The zero-order valence-electron chi connectivity index (χ0n) is 18.7. The molecule has 1 aliphatic heterocycles. The van der Waals surface area contributed by atoms with Crippen LogP contribution in [0.4, 0.5) is 0 Å². The van der Waals surface area contributed by atoms with Crippen LogP contribution in [0.25, 0.3) is 0 Å². The smallest absolute Gasteiger partial charge is 0.244 e. The molecule has 166 valence electrons. The van der Waals surface area contributed by atoms with Crippen LogP contribution in [0, 0.1) is 0 Å². The second-order valence-corrected chi connectivity index (χ2v) is 7.90. The Labute approximate surface area is 185 Å². The molecule has 0 aromatic heterocycles. The summed E-state index contributed by atoms with van der Waals surface area (Å²) in [6, 6.07) is 19.7. The minimum atomic E-state index is -0.253. The van der Waals surface area contributed by atoms with Crippen LogP contribution in [0.1, 0.15) is 31.0 Å². The third-order valence-corrected chi connectivity index (χ3v) is 5.91. The van der Waals surface area contributed by atoms with Crippen molar-refractivity contribution in [3.63, 3.8) is 0 Å². The van der Waals surface area contributed by atoms with Gasteiger partial charge in [-0.1, -0.05) is 74.5 Å². The normalized spacial score (nSPS) is 15.6. The molecule has 2 amide bonds. The van der Waals surface area contributed by atoms with Gasteiger partial charge < -0.3 is 10.2 Å². The molecule has 0 saturated carbocycles. The highest BCUT2D eigenvalue weighted by atomic mass is 16.2. The lowest BCUT2D eigenvalue weighted by atomic mass is 10.0. The highest BCUT2D eigenvalue weighted by Crippen LogP contribution is 2.23. The summed E-state index contributed by atoms with van der Waals surface area (Å²) in [5.74, 6) is 0.178. The van der Waals surface area contributed by atoms with Crippen molar-refractivity contribution in [2.75, 3.05) is 45.8 Å². The first-order valence-electron chi connectivity index (χ1n) is 11.2. The van der Waals surface area contributed by atoms with Crippen LogP contribution >= 0.6 is 0 Å². The van der Waals surface area contributed by atoms with Crippen molar-refractivity contribution < 1.29 is 9.59 Å². The van der Waals surface area contributed by atoms with E-state index in [0.29, 0.717) is 39.3 Å². The molecule has 2 aromatic rings. The standard InChI is InChI=1S/C25H34N4O2/c1-3-28(4-2)24(22-13-9-6-10-14-22)25(31)29-17-15-27(16-18-29)20-23(30)26-19-21-11-7-5-8-12-21/h5-14,24H,3-4,15-20H2,1-2H3,(H,26,30). The fraction of sp³-hybridized carbons (Fsp3) is 0.440. The number of carbonyl (C=O) groups excluding carboxylic acids is 2. The van der Waals surface area contributed by atoms with Crippen molar-refractivity contribution in [2.24, 2.45) is 0 Å². The van der Waals surface area contributed by atoms with E-state index < -0.39 is 0 Å². The minimum Gasteiger partial charge on any atom is -0.351 e. The summed E-state index contributed by atoms with van der Waals surface area (Å²) in [6.45, 7) is 9.47. The van der Waals surface area contributed by atoms with Crippen LogP contribution in [0.15, 0.2) is 60.7 Å². The molecule has 2 aromatic carbocycles. The maximum Gasteiger partial charge on any atom is 0.244 e. The molecule has 6 nitrogen and oxygen atoms in total. The van der Waals surface area contributed by atoms with Gasteiger partial charge in [0.25, 0.3) is 0 Å². The lowest BCUT2D eigenvalue weighted by Gasteiger charge is -2.38. The topological polar surface area (TPSA) is 55.9 Å². The van der Waals surface area contributed by atoms with Crippen LogP contribution < -0.4 is 5.32 Å². The van der Waals surface area contributed by atoms with Crippen LogP contribution in [0.2, 0.25) is 0 Å². The summed E-state index contributed by atoms with van der Waals surface area (Å²) in [6.07, 6.45) is 0. The molecule has 0 radical (unpaired) electrons. The molecular weight excluding hydrogens is 388 g/mol. The lowest BCUT2D eigenvalue weighted by Crippen LogP contribution is -2.53. The van der Waals surface area contributed by atoms with Crippen molar-refractivity contribution in [1.82, 2.24) is 20.0 Å². The predicted molar refractivity (Wildman–Crippen MR) is 123 cm³/mol. The molecule has 1 atom stereocenters. The molecule has 1 heterocycles. The number of benzene rings is 2. The predicted octanol–water partition coefficient (Wildman–Crippen LogP) is 2.53. The summed E-state index contributed by atoms with van der Waals surface area (Å²) in [4.78, 5) is 32.0. The average Bonchev–Trinajstić information content (AvgIpc) is 2.82. The first kappa shape index (κ1) is 23.0. The van der Waals surface area contributed by atoms with E-state index in [1.54, 1.807) is 0 Å². The number of likely N-dealkylation sites (N-methyl/N-ethyl adjacent to an activating group) is 1. The first-order valence-corrected chi connectivity index (χ1v) is 11.2. The van der Waals surface area contributed by atoms with Gasteiger partial charge in [0.05, 0.1) is 6.54 Å². The van der Waals surface area contributed by atoms with Gasteiger partial charge in [-0.15, -0.1) is 0 Å². The van der Waals surface area contributed by atoms with Crippen LogP contribution in [-0.2, 0) is 16.1 Å². The molecule has 3 rings (SSSR count). The minimum absolute atomic E-state index is 0.0222. The van der Waals surface area contributed by atoms with Crippen LogP contribution in [0.5, 0.6) is 0 Å². The molecule has 6 heteroatoms. The van der Waals surface area contributed by atoms with Gasteiger partial charge in [0.2, 0.25) is 11.8 Å². The van der Waals surface area contributed by atoms with Gasteiger partial charge in [-0.25, -0.2) is 0 Å². The Morgan fingerprint density at radius 1 is 0.903 bits per heavy atom. The average molecular weight is 423 g/mol. The molecule has 0 aliphatic carbocycles. The van der Waals surface area contributed by atoms with E-state index in [4.69, 9.17) is 0 Å². The van der Waals surface area contributed by atoms with Crippen LogP contribution in [-0.4, -0.2) is 72.3 Å². The Morgan fingerprint density at radius 2 is 1.48 bits per heavy atom. The number of carbonyl (C=O) groups is 2. The Balaban J connectivity index is 1.52. The monoisotopic (exact) mass is 422 g/mol. The third kappa shape index (κ3) is 6.39. The Hall–Kier alpha value is -2.70.